The Bertz CT molecular complexity index is 3260. The minimum Gasteiger partial charge on any atom is -0.456 e. The molecule has 0 unspecified atom stereocenters. The Morgan fingerprint density at radius 3 is 1.73 bits per heavy atom. The van der Waals surface area contributed by atoms with Crippen LogP contribution in [0.15, 0.2) is 192 Å². The summed E-state index contributed by atoms with van der Waals surface area (Å²) in [7, 11) is 0. The van der Waals surface area contributed by atoms with Crippen LogP contribution in [0.4, 0.5) is 0 Å². The lowest BCUT2D eigenvalue weighted by atomic mass is 9.90. The number of para-hydroxylation sites is 1. The third-order valence-electron chi connectivity index (χ3n) is 10.7. The van der Waals surface area contributed by atoms with Gasteiger partial charge in [0.05, 0.1) is 0 Å². The molecule has 0 atom stereocenters. The molecule has 0 saturated heterocycles. The number of nitrogens with zero attached hydrogens (tertiary/aromatic N) is 3. The van der Waals surface area contributed by atoms with Crippen molar-refractivity contribution in [3.8, 4) is 56.4 Å². The molecule has 2 aromatic heterocycles. The molecule has 4 heteroatoms. The molecule has 11 rings (SSSR count). The summed E-state index contributed by atoms with van der Waals surface area (Å²) in [6, 6.07) is 65.8. The molecule has 55 heavy (non-hydrogen) atoms. The molecule has 11 aromatic rings. The Labute approximate surface area is 317 Å². The fourth-order valence-corrected chi connectivity index (χ4v) is 8.19. The number of fused-ring (bicyclic) bond motifs is 8. The molecule has 0 fully saturated rings. The number of hydrogen-bond acceptors (Lipinski definition) is 4. The van der Waals surface area contributed by atoms with E-state index >= 15 is 0 Å². The molecular formula is C51H31N3O. The molecular weight excluding hydrogens is 671 g/mol. The van der Waals surface area contributed by atoms with Gasteiger partial charge in [0.2, 0.25) is 0 Å². The van der Waals surface area contributed by atoms with E-state index in [0.717, 1.165) is 55.3 Å². The number of rotatable bonds is 5. The third kappa shape index (κ3) is 5.19. The van der Waals surface area contributed by atoms with Crippen LogP contribution in [-0.2, 0) is 0 Å². The van der Waals surface area contributed by atoms with E-state index in [1.807, 2.05) is 42.5 Å². The van der Waals surface area contributed by atoms with Crippen molar-refractivity contribution in [3.63, 3.8) is 0 Å². The van der Waals surface area contributed by atoms with Gasteiger partial charge in [0.25, 0.3) is 0 Å². The normalized spacial score (nSPS) is 11.6. The minimum atomic E-state index is 0.591. The minimum absolute atomic E-state index is 0.591. The van der Waals surface area contributed by atoms with Crippen molar-refractivity contribution in [1.82, 2.24) is 15.0 Å². The highest BCUT2D eigenvalue weighted by molar-refractivity contribution is 6.24. The van der Waals surface area contributed by atoms with Crippen molar-refractivity contribution in [3.05, 3.63) is 188 Å². The van der Waals surface area contributed by atoms with Crippen LogP contribution < -0.4 is 0 Å². The lowest BCUT2D eigenvalue weighted by Crippen LogP contribution is -2.01. The van der Waals surface area contributed by atoms with Gasteiger partial charge in [-0.1, -0.05) is 164 Å². The predicted molar refractivity (Wildman–Crippen MR) is 227 cm³/mol. The zero-order valence-corrected chi connectivity index (χ0v) is 29.6. The molecule has 0 aliphatic rings. The molecule has 0 radical (unpaired) electrons. The van der Waals surface area contributed by atoms with Crippen molar-refractivity contribution in [1.29, 1.82) is 0 Å². The predicted octanol–water partition coefficient (Wildman–Crippen LogP) is 13.6. The van der Waals surface area contributed by atoms with Crippen LogP contribution in [0.3, 0.4) is 0 Å². The molecule has 9 aromatic carbocycles. The van der Waals surface area contributed by atoms with Gasteiger partial charge in [-0.2, -0.15) is 0 Å². The molecule has 0 aliphatic carbocycles. The Hall–Kier alpha value is -7.43. The van der Waals surface area contributed by atoms with Gasteiger partial charge in [-0.3, -0.25) is 0 Å². The maximum Gasteiger partial charge on any atom is 0.164 e. The second kappa shape index (κ2) is 12.6. The fraction of sp³-hybridized carbons (Fsp3) is 0. The summed E-state index contributed by atoms with van der Waals surface area (Å²) in [5.74, 6) is 1.80. The van der Waals surface area contributed by atoms with Gasteiger partial charge in [0.15, 0.2) is 17.5 Å². The molecule has 0 saturated carbocycles. The van der Waals surface area contributed by atoms with Gasteiger partial charge in [0, 0.05) is 27.5 Å². The highest BCUT2D eigenvalue weighted by atomic mass is 16.3. The lowest BCUT2D eigenvalue weighted by molar-refractivity contribution is 0.669. The van der Waals surface area contributed by atoms with Gasteiger partial charge in [-0.15, -0.1) is 0 Å². The van der Waals surface area contributed by atoms with Crippen molar-refractivity contribution in [2.24, 2.45) is 0 Å². The molecule has 4 nitrogen and oxygen atoms in total. The second-order valence-electron chi connectivity index (χ2n) is 13.9. The first kappa shape index (κ1) is 31.1. The zero-order valence-electron chi connectivity index (χ0n) is 29.6. The van der Waals surface area contributed by atoms with Crippen LogP contribution in [0.5, 0.6) is 0 Å². The van der Waals surface area contributed by atoms with E-state index in [2.05, 4.69) is 146 Å². The topological polar surface area (TPSA) is 51.8 Å². The summed E-state index contributed by atoms with van der Waals surface area (Å²) in [4.78, 5) is 15.8. The maximum atomic E-state index is 6.31. The number of aromatic nitrogens is 3. The number of benzene rings is 9. The average Bonchev–Trinajstić information content (AvgIpc) is 3.65. The first-order valence-electron chi connectivity index (χ1n) is 18.5. The molecule has 0 amide bonds. The van der Waals surface area contributed by atoms with Crippen LogP contribution in [0.25, 0.3) is 111 Å². The first-order chi connectivity index (χ1) is 27.3. The van der Waals surface area contributed by atoms with E-state index < -0.39 is 0 Å². The van der Waals surface area contributed by atoms with Crippen LogP contribution in [-0.4, -0.2) is 15.0 Å². The number of furan rings is 1. The Morgan fingerprint density at radius 2 is 0.873 bits per heavy atom. The van der Waals surface area contributed by atoms with Gasteiger partial charge in [-0.05, 0) is 78.8 Å². The van der Waals surface area contributed by atoms with E-state index in [4.69, 9.17) is 19.4 Å². The summed E-state index contributed by atoms with van der Waals surface area (Å²) >= 11 is 0. The smallest absolute Gasteiger partial charge is 0.164 e. The van der Waals surface area contributed by atoms with Gasteiger partial charge < -0.3 is 4.42 Å². The molecule has 256 valence electrons. The SMILES string of the molecule is c1ccc(-c2ccccc2-c2nc(-c3cccc(-c4cc5ccccc5c5c4ccc4ccccc45)c3)nc(-c3cccc4oc5ccccc5c34)n2)cc1. The largest absolute Gasteiger partial charge is 0.456 e. The van der Waals surface area contributed by atoms with Gasteiger partial charge in [0.1, 0.15) is 11.2 Å². The molecule has 0 spiro atoms. The monoisotopic (exact) mass is 701 g/mol. The maximum absolute atomic E-state index is 6.31. The summed E-state index contributed by atoms with van der Waals surface area (Å²) in [5.41, 5.74) is 8.79. The Morgan fingerprint density at radius 1 is 0.291 bits per heavy atom. The Kier molecular flexibility index (Phi) is 7.14. The molecule has 0 bridgehead atoms. The van der Waals surface area contributed by atoms with Crippen LogP contribution in [0.2, 0.25) is 0 Å². The number of hydrogen-bond donors (Lipinski definition) is 0. The van der Waals surface area contributed by atoms with Crippen molar-refractivity contribution in [2.45, 2.75) is 0 Å². The van der Waals surface area contributed by atoms with E-state index in [9.17, 15) is 0 Å². The summed E-state index contributed by atoms with van der Waals surface area (Å²) in [6.45, 7) is 0. The highest BCUT2D eigenvalue weighted by Gasteiger charge is 2.20. The highest BCUT2D eigenvalue weighted by Crippen LogP contribution is 2.41. The van der Waals surface area contributed by atoms with Crippen LogP contribution in [0, 0.1) is 0 Å². The van der Waals surface area contributed by atoms with E-state index in [-0.39, 0.29) is 0 Å². The van der Waals surface area contributed by atoms with Gasteiger partial charge in [-0.25, -0.2) is 15.0 Å². The van der Waals surface area contributed by atoms with Crippen molar-refractivity contribution < 1.29 is 4.42 Å². The molecule has 0 aliphatic heterocycles. The van der Waals surface area contributed by atoms with Crippen LogP contribution in [0.1, 0.15) is 0 Å². The van der Waals surface area contributed by atoms with Crippen molar-refractivity contribution in [2.75, 3.05) is 0 Å². The van der Waals surface area contributed by atoms with Crippen molar-refractivity contribution >= 4 is 54.3 Å². The van der Waals surface area contributed by atoms with E-state index in [0.29, 0.717) is 17.5 Å². The summed E-state index contributed by atoms with van der Waals surface area (Å²) in [5, 5.41) is 9.42. The standard InChI is InChI=1S/C51H31N3O/c1-2-14-32(15-3-1)37-20-8-9-23-41(37)50-52-49(53-51(54-50)43-25-13-27-46-48(43)42-24-10-11-26-45(42)55-46)36-19-12-18-34(30-36)44-31-35-17-5-7-22-39(35)47-38-21-6-4-16-33(38)28-29-40(44)47/h1-31H. The Balaban J connectivity index is 1.16. The van der Waals surface area contributed by atoms with E-state index in [1.165, 1.54) is 37.9 Å². The van der Waals surface area contributed by atoms with E-state index in [1.54, 1.807) is 0 Å². The van der Waals surface area contributed by atoms with Crippen LogP contribution >= 0.6 is 0 Å². The summed E-state index contributed by atoms with van der Waals surface area (Å²) in [6.07, 6.45) is 0. The average molecular weight is 702 g/mol. The first-order valence-corrected chi connectivity index (χ1v) is 18.5. The summed E-state index contributed by atoms with van der Waals surface area (Å²) < 4.78 is 6.31. The fourth-order valence-electron chi connectivity index (χ4n) is 8.19. The molecule has 2 heterocycles. The quantitative estimate of drug-likeness (QED) is 0.168. The lowest BCUT2D eigenvalue weighted by Gasteiger charge is -2.15. The third-order valence-corrected chi connectivity index (χ3v) is 10.7. The second-order valence-corrected chi connectivity index (χ2v) is 13.9. The zero-order chi connectivity index (χ0) is 36.3. The van der Waals surface area contributed by atoms with Gasteiger partial charge >= 0.3 is 0 Å². The molecule has 0 N–H and O–H groups in total.